The number of hydrogen-bond donors (Lipinski definition) is 3. The molecule has 0 aliphatic carbocycles. The fraction of sp³-hybridized carbons (Fsp3) is 0.286. The molecule has 0 radical (unpaired) electrons. The predicted octanol–water partition coefficient (Wildman–Crippen LogP) is 2.41. The highest BCUT2D eigenvalue weighted by molar-refractivity contribution is 6.30. The van der Waals surface area contributed by atoms with Gasteiger partial charge < -0.3 is 15.7 Å². The molecule has 7 heteroatoms. The van der Waals surface area contributed by atoms with Crippen molar-refractivity contribution in [3.8, 4) is 0 Å². The number of rotatable bonds is 5. The summed E-state index contributed by atoms with van der Waals surface area (Å²) in [5.74, 6) is 0. The maximum atomic E-state index is 11.7. The molecule has 0 saturated carbocycles. The Labute approximate surface area is 127 Å². The van der Waals surface area contributed by atoms with E-state index in [2.05, 4.69) is 15.7 Å². The third-order valence-electron chi connectivity index (χ3n) is 2.90. The van der Waals surface area contributed by atoms with Crippen LogP contribution in [0.4, 0.5) is 10.5 Å². The fourth-order valence-corrected chi connectivity index (χ4v) is 2.00. The second-order valence-electron chi connectivity index (χ2n) is 4.49. The number of aryl methyl sites for hydroxylation is 1. The van der Waals surface area contributed by atoms with E-state index < -0.39 is 12.1 Å². The van der Waals surface area contributed by atoms with Gasteiger partial charge in [-0.2, -0.15) is 5.10 Å². The van der Waals surface area contributed by atoms with E-state index in [4.69, 9.17) is 11.6 Å². The highest BCUT2D eigenvalue weighted by Crippen LogP contribution is 2.17. The molecule has 6 nitrogen and oxygen atoms in total. The van der Waals surface area contributed by atoms with Crippen molar-refractivity contribution in [2.45, 2.75) is 19.6 Å². The molecule has 2 aromatic rings. The Balaban J connectivity index is 1.83. The van der Waals surface area contributed by atoms with Crippen LogP contribution >= 0.6 is 11.6 Å². The number of carbonyl (C=O) groups excluding carboxylic acids is 1. The molecule has 1 aromatic carbocycles. The number of nitrogens with one attached hydrogen (secondary N) is 2. The molecular weight excluding hydrogens is 292 g/mol. The molecule has 0 unspecified atom stereocenters. The van der Waals surface area contributed by atoms with Crippen LogP contribution in [0.25, 0.3) is 0 Å². The Morgan fingerprint density at radius 1 is 1.52 bits per heavy atom. The van der Waals surface area contributed by atoms with Crippen molar-refractivity contribution in [1.29, 1.82) is 0 Å². The monoisotopic (exact) mass is 308 g/mol. The minimum Gasteiger partial charge on any atom is -0.387 e. The maximum Gasteiger partial charge on any atom is 0.319 e. The van der Waals surface area contributed by atoms with Crippen LogP contribution in [0, 0.1) is 0 Å². The van der Waals surface area contributed by atoms with Crippen LogP contribution in [0.15, 0.2) is 36.7 Å². The molecular formula is C14H17ClN4O2. The van der Waals surface area contributed by atoms with Crippen molar-refractivity contribution in [2.24, 2.45) is 0 Å². The van der Waals surface area contributed by atoms with Crippen LogP contribution in [0.3, 0.4) is 0 Å². The van der Waals surface area contributed by atoms with Crippen molar-refractivity contribution in [3.05, 3.63) is 47.2 Å². The van der Waals surface area contributed by atoms with E-state index in [1.165, 1.54) is 0 Å². The number of nitrogens with zero attached hydrogens (tertiary/aromatic N) is 2. The number of hydrogen-bond acceptors (Lipinski definition) is 3. The summed E-state index contributed by atoms with van der Waals surface area (Å²) in [6, 6.07) is 6.49. The van der Waals surface area contributed by atoms with E-state index in [9.17, 15) is 9.90 Å². The van der Waals surface area contributed by atoms with E-state index in [1.54, 1.807) is 41.3 Å². The zero-order chi connectivity index (χ0) is 15.2. The Kier molecular flexibility index (Phi) is 5.19. The van der Waals surface area contributed by atoms with E-state index in [0.29, 0.717) is 16.3 Å². The lowest BCUT2D eigenvalue weighted by Gasteiger charge is -2.12. The molecule has 0 bridgehead atoms. The number of carbonyl (C=O) groups is 1. The summed E-state index contributed by atoms with van der Waals surface area (Å²) in [7, 11) is 0. The lowest BCUT2D eigenvalue weighted by atomic mass is 10.1. The highest BCUT2D eigenvalue weighted by atomic mass is 35.5. The molecule has 1 heterocycles. The molecule has 0 fully saturated rings. The number of urea groups is 1. The topological polar surface area (TPSA) is 79.2 Å². The quantitative estimate of drug-likeness (QED) is 0.793. The first kappa shape index (κ1) is 15.3. The molecule has 0 spiro atoms. The van der Waals surface area contributed by atoms with Crippen molar-refractivity contribution >= 4 is 23.3 Å². The molecule has 112 valence electrons. The van der Waals surface area contributed by atoms with Crippen molar-refractivity contribution in [1.82, 2.24) is 15.1 Å². The molecule has 21 heavy (non-hydrogen) atoms. The molecule has 0 aliphatic heterocycles. The first-order valence-electron chi connectivity index (χ1n) is 6.59. The van der Waals surface area contributed by atoms with Gasteiger partial charge in [0, 0.05) is 24.3 Å². The van der Waals surface area contributed by atoms with Gasteiger partial charge in [0.15, 0.2) is 0 Å². The van der Waals surface area contributed by atoms with Crippen LogP contribution in [0.2, 0.25) is 5.02 Å². The first-order chi connectivity index (χ1) is 10.1. The summed E-state index contributed by atoms with van der Waals surface area (Å²) in [4.78, 5) is 11.7. The number of aliphatic hydroxyl groups excluding tert-OH is 1. The number of amides is 2. The number of aromatic nitrogens is 2. The summed E-state index contributed by atoms with van der Waals surface area (Å²) < 4.78 is 1.70. The lowest BCUT2D eigenvalue weighted by molar-refractivity contribution is 0.175. The fourth-order valence-electron chi connectivity index (χ4n) is 1.80. The number of halogens is 1. The number of aliphatic hydroxyl groups is 1. The van der Waals surface area contributed by atoms with Crippen LogP contribution in [-0.4, -0.2) is 27.5 Å². The van der Waals surface area contributed by atoms with E-state index in [1.807, 2.05) is 6.92 Å². The minimum atomic E-state index is -0.812. The van der Waals surface area contributed by atoms with Crippen LogP contribution < -0.4 is 10.6 Å². The van der Waals surface area contributed by atoms with Gasteiger partial charge in [0.25, 0.3) is 0 Å². The SMILES string of the molecule is CCn1cc(NC(=O)NC[C@@H](O)c2cccc(Cl)c2)cn1. The highest BCUT2D eigenvalue weighted by Gasteiger charge is 2.10. The molecule has 1 atom stereocenters. The van der Waals surface area contributed by atoms with Gasteiger partial charge in [0.2, 0.25) is 0 Å². The number of benzene rings is 1. The lowest BCUT2D eigenvalue weighted by Crippen LogP contribution is -2.32. The molecule has 0 aliphatic rings. The number of anilines is 1. The molecule has 2 amide bonds. The standard InChI is InChI=1S/C14H17ClN4O2/c1-2-19-9-12(7-17-19)18-14(21)16-8-13(20)10-4-3-5-11(15)6-10/h3-7,9,13,20H,2,8H2,1H3,(H2,16,18,21)/t13-/m1/s1. The second kappa shape index (κ2) is 7.10. The van der Waals surface area contributed by atoms with E-state index in [0.717, 1.165) is 6.54 Å². The summed E-state index contributed by atoms with van der Waals surface area (Å²) in [5.41, 5.74) is 1.26. The zero-order valence-corrected chi connectivity index (χ0v) is 12.3. The minimum absolute atomic E-state index is 0.0914. The predicted molar refractivity (Wildman–Crippen MR) is 81.3 cm³/mol. The summed E-state index contributed by atoms with van der Waals surface area (Å²) in [5, 5.41) is 19.8. The second-order valence-corrected chi connectivity index (χ2v) is 4.93. The van der Waals surface area contributed by atoms with Gasteiger partial charge in [-0.25, -0.2) is 4.79 Å². The van der Waals surface area contributed by atoms with Crippen LogP contribution in [-0.2, 0) is 6.54 Å². The van der Waals surface area contributed by atoms with Crippen molar-refractivity contribution in [3.63, 3.8) is 0 Å². The Hall–Kier alpha value is -2.05. The van der Waals surface area contributed by atoms with Crippen molar-refractivity contribution < 1.29 is 9.90 Å². The van der Waals surface area contributed by atoms with Crippen LogP contribution in [0.5, 0.6) is 0 Å². The van der Waals surface area contributed by atoms with Gasteiger partial charge in [0.1, 0.15) is 0 Å². The van der Waals surface area contributed by atoms with Gasteiger partial charge in [-0.05, 0) is 24.6 Å². The summed E-state index contributed by atoms with van der Waals surface area (Å²) >= 11 is 5.85. The zero-order valence-electron chi connectivity index (χ0n) is 11.6. The van der Waals surface area contributed by atoms with Crippen LogP contribution in [0.1, 0.15) is 18.6 Å². The van der Waals surface area contributed by atoms with Gasteiger partial charge >= 0.3 is 6.03 Å². The van der Waals surface area contributed by atoms with Gasteiger partial charge in [-0.15, -0.1) is 0 Å². The molecule has 3 N–H and O–H groups in total. The molecule has 1 aromatic heterocycles. The van der Waals surface area contributed by atoms with Gasteiger partial charge in [-0.1, -0.05) is 23.7 Å². The molecule has 2 rings (SSSR count). The average Bonchev–Trinajstić information content (AvgIpc) is 2.92. The van der Waals surface area contributed by atoms with E-state index in [-0.39, 0.29) is 6.54 Å². The third kappa shape index (κ3) is 4.47. The third-order valence-corrected chi connectivity index (χ3v) is 3.14. The summed E-state index contributed by atoms with van der Waals surface area (Å²) in [6.07, 6.45) is 2.48. The van der Waals surface area contributed by atoms with Crippen molar-refractivity contribution in [2.75, 3.05) is 11.9 Å². The Morgan fingerprint density at radius 3 is 3.00 bits per heavy atom. The average molecular weight is 309 g/mol. The van der Waals surface area contributed by atoms with Gasteiger partial charge in [-0.3, -0.25) is 4.68 Å². The Bertz CT molecular complexity index is 615. The maximum absolute atomic E-state index is 11.7. The Morgan fingerprint density at radius 2 is 2.33 bits per heavy atom. The normalized spacial score (nSPS) is 12.0. The van der Waals surface area contributed by atoms with E-state index >= 15 is 0 Å². The first-order valence-corrected chi connectivity index (χ1v) is 6.97. The largest absolute Gasteiger partial charge is 0.387 e. The van der Waals surface area contributed by atoms with Gasteiger partial charge in [0.05, 0.1) is 18.0 Å². The molecule has 0 saturated heterocycles. The smallest absolute Gasteiger partial charge is 0.319 e. The summed E-state index contributed by atoms with van der Waals surface area (Å²) in [6.45, 7) is 2.78.